The smallest absolute Gasteiger partial charge is 0.547 e. The number of hydrogen-bond donors (Lipinski definition) is 2. The Balaban J connectivity index is 0. The minimum atomic E-state index is -1.34. The van der Waals surface area contributed by atoms with Gasteiger partial charge in [-0.25, -0.2) is 4.98 Å². The van der Waals surface area contributed by atoms with Gasteiger partial charge in [0, 0.05) is 0 Å². The molecule has 1 atom stereocenters. The average molecular weight is 530 g/mol. The molecule has 1 heterocycles. The summed E-state index contributed by atoms with van der Waals surface area (Å²) in [4.78, 5) is 26.6. The second kappa shape index (κ2) is 26.1. The number of H-pyrrole nitrogens is 1. The zero-order valence-corrected chi connectivity index (χ0v) is 24.1. The van der Waals surface area contributed by atoms with Gasteiger partial charge in [-0.1, -0.05) is 110 Å². The van der Waals surface area contributed by atoms with Gasteiger partial charge in [0.25, 0.3) is 0 Å². The van der Waals surface area contributed by atoms with Crippen molar-refractivity contribution in [3.05, 3.63) is 24.3 Å². The summed E-state index contributed by atoms with van der Waals surface area (Å²) in [7, 11) is 0. The fraction of sp³-hybridized carbons (Fsp3) is 0.731. The van der Waals surface area contributed by atoms with Crippen molar-refractivity contribution in [3.63, 3.8) is 0 Å². The van der Waals surface area contributed by atoms with Gasteiger partial charge in [0.1, 0.15) is 0 Å². The molecule has 0 saturated heterocycles. The maximum atomic E-state index is 10.3. The number of carbonyl (C=O) groups is 2. The number of nitrogens with one attached hydrogen (secondary N) is 1. The van der Waals surface area contributed by atoms with E-state index in [1.165, 1.54) is 102 Å². The van der Waals surface area contributed by atoms with Gasteiger partial charge in [0.2, 0.25) is 0 Å². The van der Waals surface area contributed by atoms with Gasteiger partial charge in [-0.3, -0.25) is 0 Å². The van der Waals surface area contributed by atoms with Gasteiger partial charge >= 0.3 is 19.5 Å². The molecule has 1 rings (SSSR count). The Morgan fingerprint density at radius 3 is 1.68 bits per heavy atom. The molecule has 2 N–H and O–H groups in total. The topological polar surface area (TPSA) is 129 Å². The Bertz CT molecular complexity index is 608. The molecule has 8 heteroatoms. The van der Waals surface area contributed by atoms with E-state index in [0.717, 1.165) is 25.3 Å². The Morgan fingerprint density at radius 1 is 0.882 bits per heavy atom. The molecule has 7 nitrogen and oxygen atoms in total. The van der Waals surface area contributed by atoms with Crippen molar-refractivity contribution >= 4 is 18.0 Å². The Hall–Kier alpha value is -1.53. The molecule has 0 aliphatic heterocycles. The van der Waals surface area contributed by atoms with Crippen LogP contribution < -0.4 is 10.2 Å². The van der Waals surface area contributed by atoms with Crippen LogP contribution in [-0.2, 0) is 29.1 Å². The molecule has 0 fully saturated rings. The zero-order valence-electron chi connectivity index (χ0n) is 21.1. The zero-order chi connectivity index (χ0) is 24.6. The fourth-order valence-corrected chi connectivity index (χ4v) is 3.52. The van der Waals surface area contributed by atoms with Crippen molar-refractivity contribution in [2.24, 2.45) is 0 Å². The third-order valence-electron chi connectivity index (χ3n) is 5.52. The summed E-state index contributed by atoms with van der Waals surface area (Å²) in [5.74, 6) is -2.56. The van der Waals surface area contributed by atoms with Crippen molar-refractivity contribution in [3.8, 4) is 0 Å². The normalized spacial score (nSPS) is 11.5. The maximum absolute atomic E-state index is 10.3. The number of hydrogen-bond acceptors (Lipinski definition) is 6. The molecule has 1 aromatic heterocycles. The van der Waals surface area contributed by atoms with Crippen LogP contribution in [-0.4, -0.2) is 33.1 Å². The van der Waals surface area contributed by atoms with Crippen LogP contribution in [0.25, 0.3) is 6.08 Å². The number of rotatable bonds is 20. The Morgan fingerprint density at radius 2 is 1.32 bits per heavy atom. The monoisotopic (exact) mass is 528 g/mol. The van der Waals surface area contributed by atoms with E-state index in [-0.39, 0.29) is 19.5 Å². The molecule has 0 saturated carbocycles. The van der Waals surface area contributed by atoms with Crippen LogP contribution in [0, 0.1) is 0 Å². The first-order valence-corrected chi connectivity index (χ1v) is 12.7. The number of aromatic amines is 1. The van der Waals surface area contributed by atoms with E-state index in [4.69, 9.17) is 5.11 Å². The number of aliphatic hydroxyl groups excluding tert-OH is 1. The average Bonchev–Trinajstić information content (AvgIpc) is 3.31. The van der Waals surface area contributed by atoms with Gasteiger partial charge in [0.05, 0.1) is 36.3 Å². The number of unbranched alkanes of at least 4 members (excludes halogenated alkanes) is 15. The molecule has 0 aliphatic carbocycles. The molecule has 0 spiro atoms. The van der Waals surface area contributed by atoms with E-state index in [9.17, 15) is 19.8 Å². The number of aromatic nitrogens is 2. The molecular formula is C26H44N2O5Zn. The van der Waals surface area contributed by atoms with Gasteiger partial charge in [-0.2, -0.15) is 0 Å². The largest absolute Gasteiger partial charge is 2.00 e. The van der Waals surface area contributed by atoms with Crippen molar-refractivity contribution in [2.75, 3.05) is 0 Å². The number of nitrogens with zero attached hydrogens (tertiary/aromatic N) is 1. The van der Waals surface area contributed by atoms with E-state index in [1.54, 1.807) is 0 Å². The summed E-state index contributed by atoms with van der Waals surface area (Å²) in [6, 6.07) is 0. The SMILES string of the molecule is CCCCCCCCCCCCCCCCCCC(O)C(=O)[O-].O=C([O-])C=Cc1cnc[nH]1.[Zn+2]. The number of carbonyl (C=O) groups excluding carboxylic acids is 2. The van der Waals surface area contributed by atoms with Crippen LogP contribution in [0.4, 0.5) is 0 Å². The number of imidazole rings is 1. The molecule has 0 bridgehead atoms. The fourth-order valence-electron chi connectivity index (χ4n) is 3.52. The predicted octanol–water partition coefficient (Wildman–Crippen LogP) is 3.92. The van der Waals surface area contributed by atoms with Crippen LogP contribution in [0.3, 0.4) is 0 Å². The van der Waals surface area contributed by atoms with Crippen LogP contribution in [0.1, 0.15) is 122 Å². The summed E-state index contributed by atoms with van der Waals surface area (Å²) >= 11 is 0. The molecule has 0 aliphatic rings. The predicted molar refractivity (Wildman–Crippen MR) is 128 cm³/mol. The third kappa shape index (κ3) is 25.1. The van der Waals surface area contributed by atoms with Crippen LogP contribution >= 0.6 is 0 Å². The van der Waals surface area contributed by atoms with E-state index in [2.05, 4.69) is 16.9 Å². The Kier molecular flexibility index (Phi) is 26.6. The number of carboxylic acid groups (broad SMARTS) is 2. The quantitative estimate of drug-likeness (QED) is 0.150. The minimum absolute atomic E-state index is 0. The van der Waals surface area contributed by atoms with E-state index < -0.39 is 18.0 Å². The number of carboxylic acids is 2. The first kappa shape index (κ1) is 34.6. The number of aliphatic hydroxyl groups is 1. The molecule has 0 amide bonds. The number of aliphatic carboxylic acids is 2. The van der Waals surface area contributed by atoms with Crippen molar-refractivity contribution in [2.45, 2.75) is 122 Å². The first-order valence-electron chi connectivity index (χ1n) is 12.7. The van der Waals surface area contributed by atoms with Gasteiger partial charge < -0.3 is 29.9 Å². The van der Waals surface area contributed by atoms with E-state index in [0.29, 0.717) is 12.1 Å². The molecule has 34 heavy (non-hydrogen) atoms. The van der Waals surface area contributed by atoms with E-state index >= 15 is 0 Å². The van der Waals surface area contributed by atoms with Crippen molar-refractivity contribution < 1.29 is 44.4 Å². The molecular weight excluding hydrogens is 486 g/mol. The van der Waals surface area contributed by atoms with Gasteiger partial charge in [0.15, 0.2) is 0 Å². The van der Waals surface area contributed by atoms with Crippen molar-refractivity contribution in [1.82, 2.24) is 9.97 Å². The van der Waals surface area contributed by atoms with Crippen LogP contribution in [0.15, 0.2) is 18.6 Å². The van der Waals surface area contributed by atoms with Crippen molar-refractivity contribution in [1.29, 1.82) is 0 Å². The summed E-state index contributed by atoms with van der Waals surface area (Å²) in [6.45, 7) is 2.27. The second-order valence-corrected chi connectivity index (χ2v) is 8.59. The molecule has 190 valence electrons. The molecule has 0 aromatic carbocycles. The molecule has 1 unspecified atom stereocenters. The second-order valence-electron chi connectivity index (χ2n) is 8.59. The van der Waals surface area contributed by atoms with Gasteiger partial charge in [-0.15, -0.1) is 0 Å². The molecule has 0 radical (unpaired) electrons. The van der Waals surface area contributed by atoms with Crippen LogP contribution in [0.5, 0.6) is 0 Å². The van der Waals surface area contributed by atoms with E-state index in [1.807, 2.05) is 0 Å². The van der Waals surface area contributed by atoms with Gasteiger partial charge in [-0.05, 0) is 18.6 Å². The standard InChI is InChI=1S/C20H40O3.C6H6N2O2.Zn/c1-2-3-4-5-6-7-8-9-10-11-12-13-14-15-16-17-18-19(21)20(22)23;9-6(10)2-1-5-3-7-4-8-5;/h19,21H,2-18H2,1H3,(H,22,23);1-4H,(H,7,8)(H,9,10);/q;;+2/p-2. The Labute approximate surface area is 218 Å². The summed E-state index contributed by atoms with van der Waals surface area (Å²) in [6.07, 6.45) is 25.1. The first-order chi connectivity index (χ1) is 16.0. The molecule has 1 aromatic rings. The third-order valence-corrected chi connectivity index (χ3v) is 5.52. The summed E-state index contributed by atoms with van der Waals surface area (Å²) in [5, 5.41) is 29.3. The maximum Gasteiger partial charge on any atom is 2.00 e. The summed E-state index contributed by atoms with van der Waals surface area (Å²) in [5.41, 5.74) is 0.643. The summed E-state index contributed by atoms with van der Waals surface area (Å²) < 4.78 is 0. The minimum Gasteiger partial charge on any atom is -0.547 e. The van der Waals surface area contributed by atoms with Crippen LogP contribution in [0.2, 0.25) is 0 Å².